The van der Waals surface area contributed by atoms with Gasteiger partial charge in [-0.1, -0.05) is 23.7 Å². The van der Waals surface area contributed by atoms with Gasteiger partial charge in [-0.15, -0.1) is 0 Å². The van der Waals surface area contributed by atoms with Gasteiger partial charge in [-0.05, 0) is 30.7 Å². The lowest BCUT2D eigenvalue weighted by Crippen LogP contribution is -2.27. The van der Waals surface area contributed by atoms with Crippen molar-refractivity contribution in [2.75, 3.05) is 6.26 Å². The van der Waals surface area contributed by atoms with E-state index in [1.807, 2.05) is 0 Å². The van der Waals surface area contributed by atoms with Crippen molar-refractivity contribution in [2.45, 2.75) is 17.9 Å². The van der Waals surface area contributed by atoms with Gasteiger partial charge in [0.15, 0.2) is 9.84 Å². The van der Waals surface area contributed by atoms with Crippen LogP contribution in [0.15, 0.2) is 47.4 Å². The molecule has 1 N–H and O–H groups in total. The number of carbonyl (C=O) groups excluding carboxylic acids is 1. The number of carbonyl (C=O) groups is 1. The van der Waals surface area contributed by atoms with Crippen molar-refractivity contribution in [3.05, 3.63) is 68.7 Å². The van der Waals surface area contributed by atoms with Gasteiger partial charge in [0.1, 0.15) is 0 Å². The maximum atomic E-state index is 12.3. The summed E-state index contributed by atoms with van der Waals surface area (Å²) in [5, 5.41) is 13.6. The highest BCUT2D eigenvalue weighted by Crippen LogP contribution is 2.23. The summed E-state index contributed by atoms with van der Waals surface area (Å²) in [6.45, 7) is 1.71. The van der Waals surface area contributed by atoms with E-state index in [0.717, 1.165) is 12.3 Å². The van der Waals surface area contributed by atoms with Gasteiger partial charge in [0.25, 0.3) is 11.6 Å². The van der Waals surface area contributed by atoms with Crippen LogP contribution in [-0.2, 0) is 9.84 Å². The van der Waals surface area contributed by atoms with E-state index in [-0.39, 0.29) is 21.2 Å². The molecule has 2 rings (SSSR count). The largest absolute Gasteiger partial charge is 0.345 e. The van der Waals surface area contributed by atoms with Crippen LogP contribution in [-0.4, -0.2) is 25.5 Å². The molecule has 9 heteroatoms. The predicted octanol–water partition coefficient (Wildman–Crippen LogP) is 3.14. The Labute approximate surface area is 149 Å². The van der Waals surface area contributed by atoms with Gasteiger partial charge in [0.05, 0.1) is 26.4 Å². The Kier molecular flexibility index (Phi) is 5.44. The Morgan fingerprint density at radius 3 is 2.32 bits per heavy atom. The first-order chi connectivity index (χ1) is 11.6. The minimum absolute atomic E-state index is 0.00419. The topological polar surface area (TPSA) is 106 Å². The van der Waals surface area contributed by atoms with Crippen molar-refractivity contribution in [3.8, 4) is 0 Å². The van der Waals surface area contributed by atoms with E-state index >= 15 is 0 Å². The number of non-ortho nitro benzene ring substituents is 1. The normalized spacial score (nSPS) is 12.4. The van der Waals surface area contributed by atoms with Gasteiger partial charge in [-0.25, -0.2) is 8.42 Å². The van der Waals surface area contributed by atoms with Gasteiger partial charge in [0, 0.05) is 18.4 Å². The number of nitro benzene ring substituents is 1. The minimum Gasteiger partial charge on any atom is -0.345 e. The molecule has 0 aliphatic carbocycles. The Balaban J connectivity index is 2.20. The van der Waals surface area contributed by atoms with E-state index in [9.17, 15) is 23.3 Å². The number of nitrogens with one attached hydrogen (secondary N) is 1. The summed E-state index contributed by atoms with van der Waals surface area (Å²) in [6.07, 6.45) is 1.11. The third-order valence-electron chi connectivity index (χ3n) is 3.56. The summed E-state index contributed by atoms with van der Waals surface area (Å²) >= 11 is 5.95. The molecule has 7 nitrogen and oxygen atoms in total. The van der Waals surface area contributed by atoms with Crippen LogP contribution in [0.1, 0.15) is 28.9 Å². The summed E-state index contributed by atoms with van der Waals surface area (Å²) in [7, 11) is -3.30. The quantitative estimate of drug-likeness (QED) is 0.631. The highest BCUT2D eigenvalue weighted by Gasteiger charge is 2.18. The van der Waals surface area contributed by atoms with Crippen LogP contribution in [0, 0.1) is 10.1 Å². The number of nitrogens with zero attached hydrogens (tertiary/aromatic N) is 1. The maximum absolute atomic E-state index is 12.3. The fraction of sp³-hybridized carbons (Fsp3) is 0.188. The molecule has 0 bridgehead atoms. The summed E-state index contributed by atoms with van der Waals surface area (Å²) < 4.78 is 22.9. The Hall–Kier alpha value is -2.45. The zero-order chi connectivity index (χ0) is 18.8. The van der Waals surface area contributed by atoms with E-state index in [1.165, 1.54) is 24.3 Å². The van der Waals surface area contributed by atoms with Crippen molar-refractivity contribution in [1.29, 1.82) is 0 Å². The summed E-state index contributed by atoms with van der Waals surface area (Å²) in [6, 6.07) is 9.26. The minimum atomic E-state index is -3.30. The zero-order valence-electron chi connectivity index (χ0n) is 13.4. The van der Waals surface area contributed by atoms with Crippen molar-refractivity contribution in [3.63, 3.8) is 0 Å². The third-order valence-corrected chi connectivity index (χ3v) is 5.02. The van der Waals surface area contributed by atoms with Crippen molar-refractivity contribution in [1.82, 2.24) is 5.32 Å². The fourth-order valence-corrected chi connectivity index (χ4v) is 3.00. The number of rotatable bonds is 5. The molecule has 0 aliphatic rings. The average Bonchev–Trinajstić information content (AvgIpc) is 2.54. The van der Waals surface area contributed by atoms with Crippen molar-refractivity contribution >= 4 is 33.0 Å². The van der Waals surface area contributed by atoms with Crippen LogP contribution >= 0.6 is 11.6 Å². The van der Waals surface area contributed by atoms with Crippen LogP contribution in [0.4, 0.5) is 5.69 Å². The lowest BCUT2D eigenvalue weighted by molar-refractivity contribution is -0.384. The molecule has 0 heterocycles. The van der Waals surface area contributed by atoms with Gasteiger partial charge < -0.3 is 5.32 Å². The summed E-state index contributed by atoms with van der Waals surface area (Å²) in [5.74, 6) is -0.562. The highest BCUT2D eigenvalue weighted by atomic mass is 35.5. The van der Waals surface area contributed by atoms with E-state index in [4.69, 9.17) is 11.6 Å². The van der Waals surface area contributed by atoms with Crippen molar-refractivity contribution in [2.24, 2.45) is 0 Å². The molecule has 0 unspecified atom stereocenters. The average molecular weight is 383 g/mol. The molecule has 2 aromatic carbocycles. The molecule has 0 radical (unpaired) electrons. The summed E-state index contributed by atoms with van der Waals surface area (Å²) in [4.78, 5) is 22.7. The van der Waals surface area contributed by atoms with Gasteiger partial charge in [-0.2, -0.15) is 0 Å². The van der Waals surface area contributed by atoms with Crippen LogP contribution in [0.5, 0.6) is 0 Å². The predicted molar refractivity (Wildman–Crippen MR) is 93.5 cm³/mol. The Morgan fingerprint density at radius 2 is 1.80 bits per heavy atom. The van der Waals surface area contributed by atoms with E-state index in [2.05, 4.69) is 5.32 Å². The first kappa shape index (κ1) is 18.9. The molecule has 0 fully saturated rings. The number of benzene rings is 2. The molecule has 0 saturated heterocycles. The van der Waals surface area contributed by atoms with Crippen LogP contribution < -0.4 is 5.32 Å². The lowest BCUT2D eigenvalue weighted by atomic mass is 10.1. The lowest BCUT2D eigenvalue weighted by Gasteiger charge is -2.15. The number of nitro groups is 1. The Morgan fingerprint density at radius 1 is 1.20 bits per heavy atom. The number of hydrogen-bond donors (Lipinski definition) is 1. The van der Waals surface area contributed by atoms with Crippen LogP contribution in [0.3, 0.4) is 0 Å². The van der Waals surface area contributed by atoms with E-state index < -0.39 is 26.7 Å². The number of sulfone groups is 1. The molecular weight excluding hydrogens is 368 g/mol. The van der Waals surface area contributed by atoms with Gasteiger partial charge in [-0.3, -0.25) is 14.9 Å². The molecule has 0 spiro atoms. The fourth-order valence-electron chi connectivity index (χ4n) is 2.16. The third kappa shape index (κ3) is 4.55. The first-order valence-electron chi connectivity index (χ1n) is 7.14. The van der Waals surface area contributed by atoms with Gasteiger partial charge in [0.2, 0.25) is 0 Å². The monoisotopic (exact) mass is 382 g/mol. The standard InChI is InChI=1S/C16H15ClN2O5S/c1-10(11-3-6-13(7-4-11)25(2,23)24)18-16(20)14-9-12(19(21)22)5-8-15(14)17/h3-10H,1-2H3,(H,18,20)/t10-/m1/s1. The molecule has 0 saturated carbocycles. The van der Waals surface area contributed by atoms with Crippen LogP contribution in [0.2, 0.25) is 5.02 Å². The SMILES string of the molecule is C[C@@H](NC(=O)c1cc([N+](=O)[O-])ccc1Cl)c1ccc(S(C)(=O)=O)cc1. The van der Waals surface area contributed by atoms with E-state index in [0.29, 0.717) is 5.56 Å². The number of hydrogen-bond acceptors (Lipinski definition) is 5. The van der Waals surface area contributed by atoms with Crippen LogP contribution in [0.25, 0.3) is 0 Å². The second-order valence-electron chi connectivity index (χ2n) is 5.46. The second-order valence-corrected chi connectivity index (χ2v) is 7.88. The first-order valence-corrected chi connectivity index (χ1v) is 9.41. The maximum Gasteiger partial charge on any atom is 0.270 e. The molecule has 0 aromatic heterocycles. The molecular formula is C16H15ClN2O5S. The van der Waals surface area contributed by atoms with E-state index in [1.54, 1.807) is 19.1 Å². The van der Waals surface area contributed by atoms with Crippen molar-refractivity contribution < 1.29 is 18.1 Å². The molecule has 0 aliphatic heterocycles. The molecule has 25 heavy (non-hydrogen) atoms. The molecule has 1 atom stereocenters. The summed E-state index contributed by atoms with van der Waals surface area (Å²) in [5.41, 5.74) is 0.442. The highest BCUT2D eigenvalue weighted by molar-refractivity contribution is 7.90. The number of amides is 1. The Bertz CT molecular complexity index is 926. The smallest absolute Gasteiger partial charge is 0.270 e. The van der Waals surface area contributed by atoms with Gasteiger partial charge >= 0.3 is 0 Å². The molecule has 2 aromatic rings. The molecule has 1 amide bonds. The number of halogens is 1. The second kappa shape index (κ2) is 7.20. The molecule has 132 valence electrons. The zero-order valence-corrected chi connectivity index (χ0v) is 15.0.